The van der Waals surface area contributed by atoms with Gasteiger partial charge in [-0.2, -0.15) is 10.8 Å². The SMILES string of the molecule is CCCON(C)ON. The molecule has 0 rings (SSSR count). The first kappa shape index (κ1) is 7.84. The summed E-state index contributed by atoms with van der Waals surface area (Å²) in [7, 11) is 1.59. The fraction of sp³-hybridized carbons (Fsp3) is 1.00. The third-order valence-corrected chi connectivity index (χ3v) is 0.626. The predicted molar refractivity (Wildman–Crippen MR) is 29.3 cm³/mol. The third kappa shape index (κ3) is 4.01. The van der Waals surface area contributed by atoms with Crippen molar-refractivity contribution in [2.45, 2.75) is 13.3 Å². The van der Waals surface area contributed by atoms with Crippen molar-refractivity contribution in [2.75, 3.05) is 13.7 Å². The van der Waals surface area contributed by atoms with E-state index in [1.165, 1.54) is 0 Å². The van der Waals surface area contributed by atoms with Gasteiger partial charge in [-0.1, -0.05) is 6.92 Å². The largest absolute Gasteiger partial charge is 0.273 e. The van der Waals surface area contributed by atoms with E-state index in [0.717, 1.165) is 11.6 Å². The molecule has 0 aliphatic heterocycles. The minimum absolute atomic E-state index is 0.633. The quantitative estimate of drug-likeness (QED) is 0.533. The zero-order chi connectivity index (χ0) is 6.41. The molecule has 0 saturated heterocycles. The molecule has 0 saturated carbocycles. The summed E-state index contributed by atoms with van der Waals surface area (Å²) in [4.78, 5) is 8.99. The lowest BCUT2D eigenvalue weighted by molar-refractivity contribution is -0.356. The van der Waals surface area contributed by atoms with Crippen LogP contribution in [0.3, 0.4) is 0 Å². The monoisotopic (exact) mass is 120 g/mol. The van der Waals surface area contributed by atoms with Gasteiger partial charge in [0.05, 0.1) is 6.61 Å². The topological polar surface area (TPSA) is 47.7 Å². The molecule has 0 aromatic heterocycles. The van der Waals surface area contributed by atoms with Crippen molar-refractivity contribution in [1.29, 1.82) is 0 Å². The minimum atomic E-state index is 0.633. The van der Waals surface area contributed by atoms with Crippen LogP contribution in [0.25, 0.3) is 0 Å². The Morgan fingerprint density at radius 3 is 2.62 bits per heavy atom. The maximum absolute atomic E-state index is 4.83. The zero-order valence-electron chi connectivity index (χ0n) is 5.26. The van der Waals surface area contributed by atoms with Crippen LogP contribution in [-0.4, -0.2) is 18.9 Å². The minimum Gasteiger partial charge on any atom is -0.273 e. The average molecular weight is 120 g/mol. The van der Waals surface area contributed by atoms with Crippen LogP contribution in [0.4, 0.5) is 0 Å². The molecule has 0 aliphatic carbocycles. The highest BCUT2D eigenvalue weighted by Crippen LogP contribution is 1.83. The Morgan fingerprint density at radius 1 is 1.62 bits per heavy atom. The Morgan fingerprint density at radius 2 is 2.25 bits per heavy atom. The van der Waals surface area contributed by atoms with Gasteiger partial charge in [-0.3, -0.25) is 4.84 Å². The van der Waals surface area contributed by atoms with E-state index in [1.807, 2.05) is 6.92 Å². The Bertz CT molecular complexity index is 51.3. The van der Waals surface area contributed by atoms with E-state index >= 15 is 0 Å². The van der Waals surface area contributed by atoms with Crippen LogP contribution in [0.1, 0.15) is 13.3 Å². The van der Waals surface area contributed by atoms with Gasteiger partial charge in [-0.15, -0.1) is 0 Å². The maximum Gasteiger partial charge on any atom is 0.0709 e. The van der Waals surface area contributed by atoms with Crippen LogP contribution in [0.5, 0.6) is 0 Å². The predicted octanol–water partition coefficient (Wildman–Crippen LogP) is 0.0651. The molecule has 0 atom stereocenters. The van der Waals surface area contributed by atoms with E-state index in [-0.39, 0.29) is 0 Å². The lowest BCUT2D eigenvalue weighted by Gasteiger charge is -2.09. The lowest BCUT2D eigenvalue weighted by atomic mass is 10.5. The fourth-order valence-electron chi connectivity index (χ4n) is 0.250. The average Bonchev–Trinajstić information content (AvgIpc) is 1.83. The first-order chi connectivity index (χ1) is 3.81. The molecule has 50 valence electrons. The summed E-state index contributed by atoms with van der Waals surface area (Å²) in [6, 6.07) is 0. The number of hydrogen-bond acceptors (Lipinski definition) is 4. The third-order valence-electron chi connectivity index (χ3n) is 0.626. The molecule has 4 nitrogen and oxygen atoms in total. The van der Waals surface area contributed by atoms with Gasteiger partial charge in [0.2, 0.25) is 0 Å². The van der Waals surface area contributed by atoms with Crippen molar-refractivity contribution in [3.8, 4) is 0 Å². The van der Waals surface area contributed by atoms with Gasteiger partial charge >= 0.3 is 0 Å². The van der Waals surface area contributed by atoms with Crippen LogP contribution < -0.4 is 5.90 Å². The molecule has 0 heterocycles. The highest BCUT2D eigenvalue weighted by atomic mass is 17.0. The van der Waals surface area contributed by atoms with Gasteiger partial charge in [0.25, 0.3) is 0 Å². The summed E-state index contributed by atoms with van der Waals surface area (Å²) < 4.78 is 0. The molecule has 0 spiro atoms. The standard InChI is InChI=1S/C4H12N2O2/c1-3-4-7-6(2)8-5/h3-5H2,1-2H3. The number of nitrogens with zero attached hydrogens (tertiary/aromatic N) is 1. The molecule has 4 heteroatoms. The molecule has 0 radical (unpaired) electrons. The van der Waals surface area contributed by atoms with Crippen LogP contribution in [0.2, 0.25) is 0 Å². The zero-order valence-corrected chi connectivity index (χ0v) is 5.26. The second-order valence-corrected chi connectivity index (χ2v) is 1.38. The second-order valence-electron chi connectivity index (χ2n) is 1.38. The van der Waals surface area contributed by atoms with Crippen molar-refractivity contribution in [3.63, 3.8) is 0 Å². The summed E-state index contributed by atoms with van der Waals surface area (Å²) in [5, 5.41) is 1.11. The van der Waals surface area contributed by atoms with E-state index in [1.54, 1.807) is 7.05 Å². The Balaban J connectivity index is 2.86. The van der Waals surface area contributed by atoms with Gasteiger partial charge in [0.1, 0.15) is 0 Å². The molecular formula is C4H12N2O2. The Labute approximate surface area is 49.0 Å². The van der Waals surface area contributed by atoms with Gasteiger partial charge in [-0.05, 0) is 11.6 Å². The molecule has 0 aromatic carbocycles. The molecule has 0 fully saturated rings. The molecule has 2 N–H and O–H groups in total. The highest BCUT2D eigenvalue weighted by molar-refractivity contribution is 4.16. The molecule has 0 bridgehead atoms. The molecule has 0 unspecified atom stereocenters. The van der Waals surface area contributed by atoms with Crippen molar-refractivity contribution in [2.24, 2.45) is 5.90 Å². The lowest BCUT2D eigenvalue weighted by Crippen LogP contribution is -2.23. The van der Waals surface area contributed by atoms with Gasteiger partial charge in [-0.25, -0.2) is 0 Å². The fourth-order valence-corrected chi connectivity index (χ4v) is 0.250. The van der Waals surface area contributed by atoms with Crippen molar-refractivity contribution in [3.05, 3.63) is 0 Å². The van der Waals surface area contributed by atoms with Crippen LogP contribution in [0.15, 0.2) is 0 Å². The summed E-state index contributed by atoms with van der Waals surface area (Å²) >= 11 is 0. The number of rotatable bonds is 4. The molecule has 0 aliphatic rings. The van der Waals surface area contributed by atoms with Gasteiger partial charge in [0.15, 0.2) is 0 Å². The van der Waals surface area contributed by atoms with Crippen molar-refractivity contribution < 1.29 is 9.78 Å². The van der Waals surface area contributed by atoms with Crippen LogP contribution >= 0.6 is 0 Å². The van der Waals surface area contributed by atoms with Crippen molar-refractivity contribution in [1.82, 2.24) is 5.23 Å². The summed E-state index contributed by atoms with van der Waals surface area (Å²) in [5.41, 5.74) is 0. The second kappa shape index (κ2) is 4.99. The maximum atomic E-state index is 4.83. The molecular weight excluding hydrogens is 108 g/mol. The summed E-state index contributed by atoms with van der Waals surface area (Å²) in [6.07, 6.45) is 0.952. The summed E-state index contributed by atoms with van der Waals surface area (Å²) in [5.74, 6) is 4.71. The normalized spacial score (nSPS) is 10.5. The molecule has 0 amide bonds. The molecule has 0 aromatic rings. The van der Waals surface area contributed by atoms with E-state index in [4.69, 9.17) is 10.7 Å². The summed E-state index contributed by atoms with van der Waals surface area (Å²) in [6.45, 7) is 2.64. The molecule has 8 heavy (non-hydrogen) atoms. The Kier molecular flexibility index (Phi) is 4.89. The Hall–Kier alpha value is -0.160. The first-order valence-electron chi connectivity index (χ1n) is 2.54. The van der Waals surface area contributed by atoms with Gasteiger partial charge < -0.3 is 0 Å². The van der Waals surface area contributed by atoms with E-state index in [0.29, 0.717) is 6.61 Å². The van der Waals surface area contributed by atoms with Crippen LogP contribution in [0, 0.1) is 0 Å². The van der Waals surface area contributed by atoms with Gasteiger partial charge in [0, 0.05) is 7.05 Å². The highest BCUT2D eigenvalue weighted by Gasteiger charge is 1.90. The van der Waals surface area contributed by atoms with Crippen LogP contribution in [-0.2, 0) is 9.78 Å². The first-order valence-corrected chi connectivity index (χ1v) is 2.54. The smallest absolute Gasteiger partial charge is 0.0709 e. The van der Waals surface area contributed by atoms with E-state index in [2.05, 4.69) is 4.94 Å². The van der Waals surface area contributed by atoms with Crippen molar-refractivity contribution >= 4 is 0 Å². The number of hydroxylamine groups is 2. The number of hydrogen-bond donors (Lipinski definition) is 1. The number of nitrogens with two attached hydrogens (primary N) is 1. The van der Waals surface area contributed by atoms with E-state index in [9.17, 15) is 0 Å². The van der Waals surface area contributed by atoms with E-state index < -0.39 is 0 Å².